The first-order valence-corrected chi connectivity index (χ1v) is 7.37. The molecule has 1 aliphatic heterocycles. The zero-order valence-corrected chi connectivity index (χ0v) is 11.7. The van der Waals surface area contributed by atoms with Crippen molar-refractivity contribution in [2.75, 3.05) is 25.5 Å². The van der Waals surface area contributed by atoms with Gasteiger partial charge in [0.25, 0.3) is 0 Å². The minimum Gasteiger partial charge on any atom is -0.306 e. The van der Waals surface area contributed by atoms with Crippen LogP contribution in [0.25, 0.3) is 0 Å². The molecule has 5 nitrogen and oxygen atoms in total. The number of hydrogen-bond donors (Lipinski definition) is 1. The van der Waals surface area contributed by atoms with Crippen LogP contribution in [0.5, 0.6) is 0 Å². The lowest BCUT2D eigenvalue weighted by Gasteiger charge is -2.29. The van der Waals surface area contributed by atoms with Crippen LogP contribution in [0.3, 0.4) is 0 Å². The van der Waals surface area contributed by atoms with Crippen molar-refractivity contribution in [1.29, 1.82) is 0 Å². The van der Waals surface area contributed by atoms with E-state index in [4.69, 9.17) is 0 Å². The van der Waals surface area contributed by atoms with Gasteiger partial charge < -0.3 is 10.2 Å². The van der Waals surface area contributed by atoms with Gasteiger partial charge in [0.05, 0.1) is 5.69 Å². The van der Waals surface area contributed by atoms with Crippen LogP contribution < -0.4 is 5.32 Å². The van der Waals surface area contributed by atoms with Crippen molar-refractivity contribution in [2.45, 2.75) is 18.8 Å². The third-order valence-electron chi connectivity index (χ3n) is 3.37. The van der Waals surface area contributed by atoms with Gasteiger partial charge in [-0.1, -0.05) is 0 Å². The number of likely N-dealkylation sites (N-methyl/N-ethyl adjacent to an activating group) is 1. The average Bonchev–Trinajstić information content (AvgIpc) is 2.92. The molecule has 3 rings (SSSR count). The van der Waals surface area contributed by atoms with Gasteiger partial charge in [0.2, 0.25) is 5.95 Å². The summed E-state index contributed by atoms with van der Waals surface area (Å²) in [5.41, 5.74) is 1.13. The van der Waals surface area contributed by atoms with Crippen molar-refractivity contribution in [3.05, 3.63) is 29.5 Å². The number of likely N-dealkylation sites (tertiary alicyclic amines) is 1. The van der Waals surface area contributed by atoms with Gasteiger partial charge in [0, 0.05) is 30.2 Å². The van der Waals surface area contributed by atoms with Crippen LogP contribution in [0.1, 0.15) is 24.5 Å². The van der Waals surface area contributed by atoms with Crippen molar-refractivity contribution < 1.29 is 0 Å². The topological polar surface area (TPSA) is 53.9 Å². The van der Waals surface area contributed by atoms with Crippen LogP contribution in [0, 0.1) is 0 Å². The molecule has 0 amide bonds. The summed E-state index contributed by atoms with van der Waals surface area (Å²) < 4.78 is 0. The van der Waals surface area contributed by atoms with Crippen molar-refractivity contribution in [1.82, 2.24) is 19.9 Å². The Kier molecular flexibility index (Phi) is 3.70. The predicted molar refractivity (Wildman–Crippen MR) is 76.9 cm³/mol. The molecule has 2 aromatic rings. The van der Waals surface area contributed by atoms with Crippen LogP contribution >= 0.6 is 11.3 Å². The Morgan fingerprint density at radius 3 is 3.11 bits per heavy atom. The second kappa shape index (κ2) is 5.63. The summed E-state index contributed by atoms with van der Waals surface area (Å²) in [6, 6.07) is 2.02. The molecule has 3 heterocycles. The smallest absolute Gasteiger partial charge is 0.229 e. The number of piperidine rings is 1. The first-order valence-electron chi connectivity index (χ1n) is 6.49. The summed E-state index contributed by atoms with van der Waals surface area (Å²) in [6.45, 7) is 2.26. The predicted octanol–water partition coefficient (Wildman–Crippen LogP) is 2.49. The Hall–Kier alpha value is -1.53. The van der Waals surface area contributed by atoms with E-state index in [9.17, 15) is 0 Å². The van der Waals surface area contributed by atoms with E-state index in [1.54, 1.807) is 17.5 Å². The molecule has 0 aromatic carbocycles. The Morgan fingerprint density at radius 2 is 2.32 bits per heavy atom. The lowest BCUT2D eigenvalue weighted by Crippen LogP contribution is -2.31. The van der Waals surface area contributed by atoms with Crippen molar-refractivity contribution in [2.24, 2.45) is 0 Å². The zero-order valence-electron chi connectivity index (χ0n) is 10.9. The van der Waals surface area contributed by atoms with Crippen LogP contribution in [0.4, 0.5) is 11.1 Å². The van der Waals surface area contributed by atoms with Crippen molar-refractivity contribution in [3.63, 3.8) is 0 Å². The van der Waals surface area contributed by atoms with Crippen molar-refractivity contribution in [3.8, 4) is 0 Å². The van der Waals surface area contributed by atoms with Crippen LogP contribution in [-0.2, 0) is 0 Å². The van der Waals surface area contributed by atoms with E-state index in [0.29, 0.717) is 11.9 Å². The molecule has 0 bridgehead atoms. The number of aromatic nitrogens is 3. The average molecular weight is 275 g/mol. The Morgan fingerprint density at radius 1 is 1.37 bits per heavy atom. The number of rotatable bonds is 3. The number of anilines is 2. The van der Waals surface area contributed by atoms with Crippen LogP contribution in [0.15, 0.2) is 23.8 Å². The van der Waals surface area contributed by atoms with Gasteiger partial charge in [-0.05, 0) is 32.5 Å². The molecule has 1 N–H and O–H groups in total. The number of nitrogens with one attached hydrogen (secondary N) is 1. The molecule has 0 aliphatic carbocycles. The van der Waals surface area contributed by atoms with Gasteiger partial charge >= 0.3 is 0 Å². The molecule has 1 atom stereocenters. The van der Waals surface area contributed by atoms with E-state index in [-0.39, 0.29) is 0 Å². The lowest BCUT2D eigenvalue weighted by atomic mass is 9.95. The maximum atomic E-state index is 4.62. The third kappa shape index (κ3) is 3.08. The fourth-order valence-corrected chi connectivity index (χ4v) is 2.97. The number of thiazole rings is 1. The highest BCUT2D eigenvalue weighted by Crippen LogP contribution is 2.25. The molecule has 6 heteroatoms. The summed E-state index contributed by atoms with van der Waals surface area (Å²) in [5, 5.41) is 5.91. The number of hydrogen-bond acceptors (Lipinski definition) is 6. The zero-order chi connectivity index (χ0) is 13.1. The maximum Gasteiger partial charge on any atom is 0.229 e. The molecule has 0 radical (unpaired) electrons. The minimum atomic E-state index is 0.513. The molecule has 0 spiro atoms. The lowest BCUT2D eigenvalue weighted by molar-refractivity contribution is 0.248. The van der Waals surface area contributed by atoms with Crippen molar-refractivity contribution >= 4 is 22.4 Å². The Labute approximate surface area is 116 Å². The van der Waals surface area contributed by atoms with Gasteiger partial charge in [-0.3, -0.25) is 0 Å². The quantitative estimate of drug-likeness (QED) is 0.932. The molecule has 1 unspecified atom stereocenters. The third-order valence-corrected chi connectivity index (χ3v) is 4.06. The summed E-state index contributed by atoms with van der Waals surface area (Å²) in [5.74, 6) is 1.15. The second-order valence-corrected chi connectivity index (χ2v) is 5.76. The van der Waals surface area contributed by atoms with E-state index in [0.717, 1.165) is 17.4 Å². The molecule has 100 valence electrons. The molecule has 1 saturated heterocycles. The summed E-state index contributed by atoms with van der Waals surface area (Å²) in [4.78, 5) is 15.4. The molecule has 19 heavy (non-hydrogen) atoms. The molecular formula is C13H17N5S. The molecule has 1 fully saturated rings. The summed E-state index contributed by atoms with van der Waals surface area (Å²) >= 11 is 1.55. The largest absolute Gasteiger partial charge is 0.306 e. The SMILES string of the molecule is CN1CCCC(c2ccnc(Nc3nccs3)n2)C1. The standard InChI is InChI=1S/C13H17N5S/c1-18-7-2-3-10(9-18)11-4-5-14-12(16-11)17-13-15-6-8-19-13/h4-6,8,10H,2-3,7,9H2,1H3,(H,14,15,16,17). The maximum absolute atomic E-state index is 4.62. The van der Waals surface area contributed by atoms with E-state index >= 15 is 0 Å². The fraction of sp³-hybridized carbons (Fsp3) is 0.462. The van der Waals surface area contributed by atoms with Crippen LogP contribution in [0.2, 0.25) is 0 Å². The van der Waals surface area contributed by atoms with Gasteiger partial charge in [-0.15, -0.1) is 11.3 Å². The Bertz CT molecular complexity index is 528. The highest BCUT2D eigenvalue weighted by Gasteiger charge is 2.20. The van der Waals surface area contributed by atoms with Gasteiger partial charge in [0.15, 0.2) is 5.13 Å². The highest BCUT2D eigenvalue weighted by atomic mass is 32.1. The summed E-state index contributed by atoms with van der Waals surface area (Å²) in [6.07, 6.45) is 6.04. The van der Waals surface area contributed by atoms with Gasteiger partial charge in [-0.25, -0.2) is 15.0 Å². The minimum absolute atomic E-state index is 0.513. The number of nitrogens with zero attached hydrogens (tertiary/aromatic N) is 4. The van der Waals surface area contributed by atoms with Gasteiger partial charge in [-0.2, -0.15) is 0 Å². The molecule has 0 saturated carbocycles. The second-order valence-electron chi connectivity index (χ2n) is 4.87. The van der Waals surface area contributed by atoms with E-state index < -0.39 is 0 Å². The van der Waals surface area contributed by atoms with E-state index in [1.807, 2.05) is 17.6 Å². The summed E-state index contributed by atoms with van der Waals surface area (Å²) in [7, 11) is 2.17. The monoisotopic (exact) mass is 275 g/mol. The normalized spacial score (nSPS) is 20.4. The van der Waals surface area contributed by atoms with Gasteiger partial charge in [0.1, 0.15) is 0 Å². The molecular weight excluding hydrogens is 258 g/mol. The van der Waals surface area contributed by atoms with E-state index in [1.165, 1.54) is 19.4 Å². The first-order chi connectivity index (χ1) is 9.31. The first kappa shape index (κ1) is 12.5. The fourth-order valence-electron chi connectivity index (χ4n) is 2.45. The molecule has 2 aromatic heterocycles. The molecule has 1 aliphatic rings. The van der Waals surface area contributed by atoms with Crippen LogP contribution in [-0.4, -0.2) is 40.0 Å². The van der Waals surface area contributed by atoms with E-state index in [2.05, 4.69) is 32.2 Å². The Balaban J connectivity index is 1.75. The highest BCUT2D eigenvalue weighted by molar-refractivity contribution is 7.13.